The summed E-state index contributed by atoms with van der Waals surface area (Å²) in [4.78, 5) is 0. The van der Waals surface area contributed by atoms with E-state index in [-0.39, 0.29) is 5.75 Å². The Morgan fingerprint density at radius 3 is 2.76 bits per heavy atom. The fourth-order valence-corrected chi connectivity index (χ4v) is 2.11. The predicted molar refractivity (Wildman–Crippen MR) is 65.1 cm³/mol. The van der Waals surface area contributed by atoms with Gasteiger partial charge >= 0.3 is 0 Å². The van der Waals surface area contributed by atoms with Crippen molar-refractivity contribution in [2.24, 2.45) is 0 Å². The standard InChI is InChI=1S/C12H14N4O/c13-12-10-7-14-6-5-11(10)15-16(12)8-1-3-9(17)4-2-8/h1-4,14,17H,5-7,13H2. The van der Waals surface area contributed by atoms with Crippen molar-refractivity contribution >= 4 is 5.82 Å². The molecule has 5 nitrogen and oxygen atoms in total. The van der Waals surface area contributed by atoms with Crippen LogP contribution >= 0.6 is 0 Å². The molecule has 0 radical (unpaired) electrons. The summed E-state index contributed by atoms with van der Waals surface area (Å²) in [5.41, 5.74) is 9.11. The van der Waals surface area contributed by atoms with Gasteiger partial charge in [0.25, 0.3) is 0 Å². The molecular weight excluding hydrogens is 216 g/mol. The van der Waals surface area contributed by atoms with Gasteiger partial charge in [-0.05, 0) is 24.3 Å². The van der Waals surface area contributed by atoms with Gasteiger partial charge in [0, 0.05) is 25.1 Å². The predicted octanol–water partition coefficient (Wildman–Crippen LogP) is 0.806. The van der Waals surface area contributed by atoms with Gasteiger partial charge in [0.1, 0.15) is 11.6 Å². The molecule has 88 valence electrons. The maximum absolute atomic E-state index is 9.26. The minimum atomic E-state index is 0.242. The highest BCUT2D eigenvalue weighted by atomic mass is 16.3. The first kappa shape index (κ1) is 10.2. The number of fused-ring (bicyclic) bond motifs is 1. The first-order chi connectivity index (χ1) is 8.25. The molecule has 0 bridgehead atoms. The summed E-state index contributed by atoms with van der Waals surface area (Å²) in [6.07, 6.45) is 0.907. The van der Waals surface area contributed by atoms with Crippen molar-refractivity contribution in [1.29, 1.82) is 0 Å². The van der Waals surface area contributed by atoms with Crippen molar-refractivity contribution in [2.45, 2.75) is 13.0 Å². The van der Waals surface area contributed by atoms with Crippen LogP contribution in [0.1, 0.15) is 11.3 Å². The van der Waals surface area contributed by atoms with Crippen molar-refractivity contribution in [2.75, 3.05) is 12.3 Å². The minimum absolute atomic E-state index is 0.242. The molecule has 0 spiro atoms. The SMILES string of the molecule is Nc1c2c(nn1-c1ccc(O)cc1)CCNC2. The van der Waals surface area contributed by atoms with E-state index in [0.29, 0.717) is 5.82 Å². The quantitative estimate of drug-likeness (QED) is 0.677. The maximum Gasteiger partial charge on any atom is 0.132 e. The number of anilines is 1. The molecule has 2 aromatic rings. The van der Waals surface area contributed by atoms with Crippen LogP contribution in [0.4, 0.5) is 5.82 Å². The summed E-state index contributed by atoms with van der Waals surface area (Å²) in [5, 5.41) is 17.1. The van der Waals surface area contributed by atoms with E-state index in [9.17, 15) is 5.11 Å². The first-order valence-electron chi connectivity index (χ1n) is 5.62. The Bertz CT molecular complexity index is 544. The number of benzene rings is 1. The van der Waals surface area contributed by atoms with Gasteiger partial charge < -0.3 is 16.2 Å². The summed E-state index contributed by atoms with van der Waals surface area (Å²) >= 11 is 0. The lowest BCUT2D eigenvalue weighted by Crippen LogP contribution is -2.23. The Labute approximate surface area is 98.9 Å². The van der Waals surface area contributed by atoms with E-state index in [1.165, 1.54) is 0 Å². The normalized spacial score (nSPS) is 14.6. The Kier molecular flexibility index (Phi) is 2.26. The smallest absolute Gasteiger partial charge is 0.132 e. The summed E-state index contributed by atoms with van der Waals surface area (Å²) in [6.45, 7) is 1.72. The molecule has 17 heavy (non-hydrogen) atoms. The molecule has 0 saturated carbocycles. The summed E-state index contributed by atoms with van der Waals surface area (Å²) in [6, 6.07) is 6.87. The number of nitrogen functional groups attached to an aromatic ring is 1. The molecule has 0 fully saturated rings. The second-order valence-corrected chi connectivity index (χ2v) is 4.17. The van der Waals surface area contributed by atoms with E-state index >= 15 is 0 Å². The Morgan fingerprint density at radius 1 is 1.29 bits per heavy atom. The largest absolute Gasteiger partial charge is 0.508 e. The van der Waals surface area contributed by atoms with Gasteiger partial charge in [-0.2, -0.15) is 5.10 Å². The van der Waals surface area contributed by atoms with Crippen LogP contribution < -0.4 is 11.1 Å². The Morgan fingerprint density at radius 2 is 2.06 bits per heavy atom. The topological polar surface area (TPSA) is 76.1 Å². The van der Waals surface area contributed by atoms with E-state index < -0.39 is 0 Å². The summed E-state index contributed by atoms with van der Waals surface area (Å²) in [7, 11) is 0. The lowest BCUT2D eigenvalue weighted by atomic mass is 10.1. The van der Waals surface area contributed by atoms with E-state index in [2.05, 4.69) is 10.4 Å². The Hall–Kier alpha value is -2.01. The molecule has 5 heteroatoms. The molecular formula is C12H14N4O. The third-order valence-electron chi connectivity index (χ3n) is 3.04. The number of nitrogens with zero attached hydrogens (tertiary/aromatic N) is 2. The second-order valence-electron chi connectivity index (χ2n) is 4.17. The first-order valence-corrected chi connectivity index (χ1v) is 5.62. The van der Waals surface area contributed by atoms with Crippen LogP contribution in [0.2, 0.25) is 0 Å². The van der Waals surface area contributed by atoms with Crippen molar-refractivity contribution in [3.63, 3.8) is 0 Å². The monoisotopic (exact) mass is 230 g/mol. The van der Waals surface area contributed by atoms with Crippen LogP contribution in [0.25, 0.3) is 5.69 Å². The third kappa shape index (κ3) is 1.64. The highest BCUT2D eigenvalue weighted by Crippen LogP contribution is 2.24. The van der Waals surface area contributed by atoms with E-state index in [1.54, 1.807) is 28.9 Å². The number of aromatic hydroxyl groups is 1. The van der Waals surface area contributed by atoms with Crippen molar-refractivity contribution in [1.82, 2.24) is 15.1 Å². The minimum Gasteiger partial charge on any atom is -0.508 e. The number of nitrogens with one attached hydrogen (secondary N) is 1. The van der Waals surface area contributed by atoms with Crippen LogP contribution in [0.3, 0.4) is 0 Å². The van der Waals surface area contributed by atoms with E-state index in [1.807, 2.05) is 0 Å². The van der Waals surface area contributed by atoms with Crippen molar-refractivity contribution < 1.29 is 5.11 Å². The molecule has 4 N–H and O–H groups in total. The number of hydrogen-bond acceptors (Lipinski definition) is 4. The molecule has 1 aliphatic heterocycles. The number of nitrogens with two attached hydrogens (primary N) is 1. The van der Waals surface area contributed by atoms with Crippen molar-refractivity contribution in [3.8, 4) is 11.4 Å². The second kappa shape index (κ2) is 3.78. The molecule has 0 aliphatic carbocycles. The average Bonchev–Trinajstić information content (AvgIpc) is 2.69. The molecule has 2 heterocycles. The Balaban J connectivity index is 2.09. The maximum atomic E-state index is 9.26. The molecule has 1 aromatic carbocycles. The number of phenolic OH excluding ortho intramolecular Hbond substituents is 1. The van der Waals surface area contributed by atoms with Crippen molar-refractivity contribution in [3.05, 3.63) is 35.5 Å². The highest BCUT2D eigenvalue weighted by molar-refractivity contribution is 5.51. The zero-order chi connectivity index (χ0) is 11.8. The van der Waals surface area contributed by atoms with E-state index in [0.717, 1.165) is 36.5 Å². The molecule has 1 aliphatic rings. The lowest BCUT2D eigenvalue weighted by molar-refractivity contribution is 0.475. The third-order valence-corrected chi connectivity index (χ3v) is 3.04. The van der Waals surface area contributed by atoms with Gasteiger partial charge in [0.15, 0.2) is 0 Å². The van der Waals surface area contributed by atoms with Gasteiger partial charge in [0.2, 0.25) is 0 Å². The van der Waals surface area contributed by atoms with Crippen LogP contribution in [0.5, 0.6) is 5.75 Å². The van der Waals surface area contributed by atoms with Crippen LogP contribution in [-0.2, 0) is 13.0 Å². The number of aromatic nitrogens is 2. The van der Waals surface area contributed by atoms with Gasteiger partial charge in [-0.3, -0.25) is 0 Å². The summed E-state index contributed by atoms with van der Waals surface area (Å²) < 4.78 is 1.73. The van der Waals surface area contributed by atoms with Crippen LogP contribution in [-0.4, -0.2) is 21.4 Å². The lowest BCUT2D eigenvalue weighted by Gasteiger charge is -2.10. The number of hydrogen-bond donors (Lipinski definition) is 3. The number of phenols is 1. The zero-order valence-electron chi connectivity index (χ0n) is 9.35. The van der Waals surface area contributed by atoms with Gasteiger partial charge in [-0.1, -0.05) is 0 Å². The molecule has 0 amide bonds. The van der Waals surface area contributed by atoms with E-state index in [4.69, 9.17) is 5.73 Å². The molecule has 0 saturated heterocycles. The van der Waals surface area contributed by atoms with Gasteiger partial charge in [-0.15, -0.1) is 0 Å². The molecule has 0 atom stereocenters. The highest BCUT2D eigenvalue weighted by Gasteiger charge is 2.18. The van der Waals surface area contributed by atoms with Gasteiger partial charge in [0.05, 0.1) is 11.4 Å². The summed E-state index contributed by atoms with van der Waals surface area (Å²) in [5.74, 6) is 0.920. The van der Waals surface area contributed by atoms with Crippen LogP contribution in [0.15, 0.2) is 24.3 Å². The molecule has 0 unspecified atom stereocenters. The fraction of sp³-hybridized carbons (Fsp3) is 0.250. The average molecular weight is 230 g/mol. The van der Waals surface area contributed by atoms with Gasteiger partial charge in [-0.25, -0.2) is 4.68 Å². The number of rotatable bonds is 1. The van der Waals surface area contributed by atoms with Crippen LogP contribution in [0, 0.1) is 0 Å². The fourth-order valence-electron chi connectivity index (χ4n) is 2.11. The zero-order valence-corrected chi connectivity index (χ0v) is 9.35. The molecule has 3 rings (SSSR count). The molecule has 1 aromatic heterocycles.